The van der Waals surface area contributed by atoms with Crippen molar-refractivity contribution < 1.29 is 4.79 Å². The van der Waals surface area contributed by atoms with Crippen LogP contribution in [0.3, 0.4) is 0 Å². The molecule has 0 spiro atoms. The largest absolute Gasteiger partial charge is 0.307 e. The fraction of sp³-hybridized carbons (Fsp3) is 0. The molecule has 0 radical (unpaired) electrons. The van der Waals surface area contributed by atoms with Gasteiger partial charge in [-0.2, -0.15) is 5.10 Å². The van der Waals surface area contributed by atoms with E-state index >= 15 is 0 Å². The van der Waals surface area contributed by atoms with Crippen molar-refractivity contribution in [1.82, 2.24) is 10.2 Å². The van der Waals surface area contributed by atoms with E-state index in [1.807, 2.05) is 18.2 Å². The predicted molar refractivity (Wildman–Crippen MR) is 65.7 cm³/mol. The predicted octanol–water partition coefficient (Wildman–Crippen LogP) is 2.27. The number of H-pyrrole nitrogens is 1. The van der Waals surface area contributed by atoms with Crippen LogP contribution >= 0.6 is 22.6 Å². The number of rotatable bonds is 2. The van der Waals surface area contributed by atoms with Crippen molar-refractivity contribution >= 4 is 34.3 Å². The van der Waals surface area contributed by atoms with Crippen LogP contribution in [0.25, 0.3) is 0 Å². The van der Waals surface area contributed by atoms with Gasteiger partial charge in [0.2, 0.25) is 0 Å². The van der Waals surface area contributed by atoms with Crippen molar-refractivity contribution in [1.29, 1.82) is 0 Å². The van der Waals surface area contributed by atoms with Gasteiger partial charge in [-0.05, 0) is 34.7 Å². The van der Waals surface area contributed by atoms with Gasteiger partial charge in [0.15, 0.2) is 0 Å². The number of carbonyl (C=O) groups is 1. The molecule has 15 heavy (non-hydrogen) atoms. The third-order valence-corrected chi connectivity index (χ3v) is 2.81. The Labute approximate surface area is 100 Å². The first-order valence-electron chi connectivity index (χ1n) is 4.32. The SMILES string of the molecule is O=C(Nc1ccn[nH]1)c1ccccc1I. The summed E-state index contributed by atoms with van der Waals surface area (Å²) in [5.41, 5.74) is 0.660. The number of halogens is 1. The first-order valence-corrected chi connectivity index (χ1v) is 5.40. The Bertz CT molecular complexity index is 467. The summed E-state index contributed by atoms with van der Waals surface area (Å²) in [4.78, 5) is 11.8. The van der Waals surface area contributed by atoms with E-state index in [1.54, 1.807) is 18.3 Å². The minimum absolute atomic E-state index is 0.135. The molecule has 0 aliphatic heterocycles. The zero-order valence-corrected chi connectivity index (χ0v) is 9.86. The van der Waals surface area contributed by atoms with Crippen molar-refractivity contribution in [3.8, 4) is 0 Å². The second kappa shape index (κ2) is 4.43. The maximum atomic E-state index is 11.8. The molecule has 0 saturated heterocycles. The molecule has 1 aromatic heterocycles. The van der Waals surface area contributed by atoms with Crippen LogP contribution in [0.2, 0.25) is 0 Å². The number of aromatic amines is 1. The molecule has 0 saturated carbocycles. The Morgan fingerprint density at radius 2 is 2.13 bits per heavy atom. The molecule has 0 bridgehead atoms. The first-order chi connectivity index (χ1) is 7.27. The molecular weight excluding hydrogens is 305 g/mol. The van der Waals surface area contributed by atoms with Gasteiger partial charge >= 0.3 is 0 Å². The Kier molecular flexibility index (Phi) is 3.00. The molecule has 0 fully saturated rings. The lowest BCUT2D eigenvalue weighted by atomic mass is 10.2. The van der Waals surface area contributed by atoms with E-state index < -0.39 is 0 Å². The van der Waals surface area contributed by atoms with Crippen LogP contribution in [0.1, 0.15) is 10.4 Å². The minimum Gasteiger partial charge on any atom is -0.307 e. The third-order valence-electron chi connectivity index (χ3n) is 1.87. The molecule has 1 amide bonds. The standard InChI is InChI=1S/C10H8IN3O/c11-8-4-2-1-3-7(8)10(15)13-9-5-6-12-14-9/h1-6H,(H2,12,13,14,15). The first kappa shape index (κ1) is 10.2. The lowest BCUT2D eigenvalue weighted by Crippen LogP contribution is -2.13. The van der Waals surface area contributed by atoms with Crippen molar-refractivity contribution in [3.05, 3.63) is 45.7 Å². The summed E-state index contributed by atoms with van der Waals surface area (Å²) < 4.78 is 0.923. The Morgan fingerprint density at radius 3 is 2.80 bits per heavy atom. The molecule has 1 aromatic carbocycles. The topological polar surface area (TPSA) is 57.8 Å². The van der Waals surface area contributed by atoms with E-state index in [0.29, 0.717) is 11.4 Å². The molecule has 1 heterocycles. The van der Waals surface area contributed by atoms with E-state index in [0.717, 1.165) is 3.57 Å². The summed E-state index contributed by atoms with van der Waals surface area (Å²) in [7, 11) is 0. The average molecular weight is 313 g/mol. The second-order valence-corrected chi connectivity index (χ2v) is 4.07. The van der Waals surface area contributed by atoms with Gasteiger partial charge in [0.05, 0.1) is 11.8 Å². The van der Waals surface area contributed by atoms with Gasteiger partial charge in [0, 0.05) is 9.64 Å². The van der Waals surface area contributed by atoms with Gasteiger partial charge in [-0.15, -0.1) is 0 Å². The average Bonchev–Trinajstić information content (AvgIpc) is 2.71. The number of hydrogen-bond donors (Lipinski definition) is 2. The Hall–Kier alpha value is -1.37. The molecule has 2 aromatic rings. The van der Waals surface area contributed by atoms with E-state index in [-0.39, 0.29) is 5.91 Å². The number of nitrogens with one attached hydrogen (secondary N) is 2. The van der Waals surface area contributed by atoms with Gasteiger partial charge in [0.1, 0.15) is 5.82 Å². The monoisotopic (exact) mass is 313 g/mol. The fourth-order valence-electron chi connectivity index (χ4n) is 1.16. The van der Waals surface area contributed by atoms with Crippen LogP contribution in [-0.2, 0) is 0 Å². The number of aromatic nitrogens is 2. The van der Waals surface area contributed by atoms with Crippen LogP contribution in [0.15, 0.2) is 36.5 Å². The summed E-state index contributed by atoms with van der Waals surface area (Å²) >= 11 is 2.13. The van der Waals surface area contributed by atoms with Crippen molar-refractivity contribution in [2.75, 3.05) is 5.32 Å². The maximum Gasteiger partial charge on any atom is 0.257 e. The highest BCUT2D eigenvalue weighted by Gasteiger charge is 2.09. The van der Waals surface area contributed by atoms with Gasteiger partial charge in [-0.3, -0.25) is 9.89 Å². The molecule has 2 rings (SSSR count). The summed E-state index contributed by atoms with van der Waals surface area (Å²) in [5.74, 6) is 0.462. The molecular formula is C10H8IN3O. The third kappa shape index (κ3) is 2.35. The summed E-state index contributed by atoms with van der Waals surface area (Å²) in [6, 6.07) is 9.11. The molecule has 4 nitrogen and oxygen atoms in total. The van der Waals surface area contributed by atoms with Gasteiger partial charge in [-0.1, -0.05) is 12.1 Å². The van der Waals surface area contributed by atoms with Crippen molar-refractivity contribution in [2.45, 2.75) is 0 Å². The van der Waals surface area contributed by atoms with Crippen LogP contribution < -0.4 is 5.32 Å². The van der Waals surface area contributed by atoms with Crippen molar-refractivity contribution in [3.63, 3.8) is 0 Å². The highest BCUT2D eigenvalue weighted by molar-refractivity contribution is 14.1. The number of benzene rings is 1. The number of carbonyl (C=O) groups excluding carboxylic acids is 1. The van der Waals surface area contributed by atoms with E-state index in [4.69, 9.17) is 0 Å². The normalized spacial score (nSPS) is 9.93. The van der Waals surface area contributed by atoms with Crippen LogP contribution in [0, 0.1) is 3.57 Å². The lowest BCUT2D eigenvalue weighted by Gasteiger charge is -2.03. The number of amides is 1. The molecule has 0 atom stereocenters. The number of anilines is 1. The van der Waals surface area contributed by atoms with Crippen LogP contribution in [-0.4, -0.2) is 16.1 Å². The molecule has 0 unspecified atom stereocenters. The van der Waals surface area contributed by atoms with E-state index in [2.05, 4.69) is 38.1 Å². The summed E-state index contributed by atoms with van der Waals surface area (Å²) in [6.45, 7) is 0. The molecule has 76 valence electrons. The fourth-order valence-corrected chi connectivity index (χ4v) is 1.79. The van der Waals surface area contributed by atoms with Crippen LogP contribution in [0.5, 0.6) is 0 Å². The molecule has 0 aliphatic carbocycles. The Morgan fingerprint density at radius 1 is 1.33 bits per heavy atom. The van der Waals surface area contributed by atoms with Gasteiger partial charge in [0.25, 0.3) is 5.91 Å². The Balaban J connectivity index is 2.19. The quantitative estimate of drug-likeness (QED) is 0.836. The highest BCUT2D eigenvalue weighted by Crippen LogP contribution is 2.13. The summed E-state index contributed by atoms with van der Waals surface area (Å²) in [5, 5.41) is 9.14. The maximum absolute atomic E-state index is 11.8. The zero-order valence-electron chi connectivity index (χ0n) is 7.70. The minimum atomic E-state index is -0.135. The smallest absolute Gasteiger partial charge is 0.257 e. The summed E-state index contributed by atoms with van der Waals surface area (Å²) in [6.07, 6.45) is 1.59. The zero-order chi connectivity index (χ0) is 10.7. The van der Waals surface area contributed by atoms with Crippen molar-refractivity contribution in [2.24, 2.45) is 0 Å². The van der Waals surface area contributed by atoms with Gasteiger partial charge < -0.3 is 5.32 Å². The van der Waals surface area contributed by atoms with Crippen LogP contribution in [0.4, 0.5) is 5.82 Å². The number of hydrogen-bond acceptors (Lipinski definition) is 2. The van der Waals surface area contributed by atoms with E-state index in [1.165, 1.54) is 0 Å². The molecule has 5 heteroatoms. The molecule has 2 N–H and O–H groups in total. The van der Waals surface area contributed by atoms with Gasteiger partial charge in [-0.25, -0.2) is 0 Å². The lowest BCUT2D eigenvalue weighted by molar-refractivity contribution is 0.102. The number of nitrogens with zero attached hydrogens (tertiary/aromatic N) is 1. The second-order valence-electron chi connectivity index (χ2n) is 2.90. The highest BCUT2D eigenvalue weighted by atomic mass is 127. The van der Waals surface area contributed by atoms with E-state index in [9.17, 15) is 4.79 Å². The molecule has 0 aliphatic rings.